The summed E-state index contributed by atoms with van der Waals surface area (Å²) < 4.78 is 55.2. The molecular formula is C31H38O9S. The summed E-state index contributed by atoms with van der Waals surface area (Å²) in [6, 6.07) is 13.0. The van der Waals surface area contributed by atoms with Gasteiger partial charge in [-0.3, -0.25) is 4.18 Å². The summed E-state index contributed by atoms with van der Waals surface area (Å²) in [7, 11) is -4.37. The molecule has 10 heteroatoms. The van der Waals surface area contributed by atoms with E-state index in [1.807, 2.05) is 30.3 Å². The maximum atomic E-state index is 13.4. The largest absolute Gasteiger partial charge is 0.459 e. The predicted octanol–water partition coefficient (Wildman–Crippen LogP) is 5.66. The number of rotatable bonds is 10. The van der Waals surface area contributed by atoms with Gasteiger partial charge in [-0.1, -0.05) is 43.2 Å². The van der Waals surface area contributed by atoms with E-state index in [1.165, 1.54) is 18.2 Å². The molecule has 0 unspecified atom stereocenters. The lowest BCUT2D eigenvalue weighted by Gasteiger charge is -2.27. The van der Waals surface area contributed by atoms with Gasteiger partial charge in [0.1, 0.15) is 12.2 Å². The van der Waals surface area contributed by atoms with Crippen LogP contribution in [0.3, 0.4) is 0 Å². The zero-order valence-corrected chi connectivity index (χ0v) is 24.1. The van der Waals surface area contributed by atoms with Crippen LogP contribution in [0.4, 0.5) is 0 Å². The maximum Gasteiger partial charge on any atom is 0.338 e. The van der Waals surface area contributed by atoms with Gasteiger partial charge in [0.2, 0.25) is 0 Å². The van der Waals surface area contributed by atoms with E-state index in [0.717, 1.165) is 69.8 Å². The fraction of sp³-hybridized carbons (Fsp3) is 0.548. The second-order valence-electron chi connectivity index (χ2n) is 10.9. The summed E-state index contributed by atoms with van der Waals surface area (Å²) in [5.74, 6) is -2.45. The Balaban J connectivity index is 1.35. The van der Waals surface area contributed by atoms with Crippen LogP contribution < -0.4 is 0 Å². The Morgan fingerprint density at radius 1 is 0.756 bits per heavy atom. The normalized spacial score (nSPS) is 20.0. The highest BCUT2D eigenvalue weighted by molar-refractivity contribution is 7.86. The molecule has 0 aromatic heterocycles. The molecule has 9 nitrogen and oxygen atoms in total. The number of esters is 2. The van der Waals surface area contributed by atoms with E-state index in [4.69, 9.17) is 23.1 Å². The Kier molecular flexibility index (Phi) is 9.75. The fourth-order valence-electron chi connectivity index (χ4n) is 5.74. The van der Waals surface area contributed by atoms with E-state index in [2.05, 4.69) is 0 Å². The van der Waals surface area contributed by atoms with Crippen molar-refractivity contribution in [1.82, 2.24) is 0 Å². The molecule has 0 N–H and O–H groups in total. The van der Waals surface area contributed by atoms with E-state index in [1.54, 1.807) is 0 Å². The topological polar surface area (TPSA) is 114 Å². The van der Waals surface area contributed by atoms with Gasteiger partial charge in [-0.25, -0.2) is 9.59 Å². The Morgan fingerprint density at radius 2 is 1.27 bits per heavy atom. The number of ether oxygens (including phenoxy) is 4. The molecule has 2 aromatic rings. The maximum absolute atomic E-state index is 13.4. The van der Waals surface area contributed by atoms with Crippen molar-refractivity contribution in [3.8, 4) is 0 Å². The molecule has 3 fully saturated rings. The summed E-state index contributed by atoms with van der Waals surface area (Å²) in [6.45, 7) is 0.508. The summed E-state index contributed by atoms with van der Waals surface area (Å²) in [5, 5.41) is 0. The third kappa shape index (κ3) is 7.54. The quantitative estimate of drug-likeness (QED) is 0.257. The van der Waals surface area contributed by atoms with E-state index in [-0.39, 0.29) is 41.3 Å². The summed E-state index contributed by atoms with van der Waals surface area (Å²) in [5.41, 5.74) is 0.705. The summed E-state index contributed by atoms with van der Waals surface area (Å²) in [4.78, 5) is 25.9. The van der Waals surface area contributed by atoms with Crippen molar-refractivity contribution in [3.05, 3.63) is 65.2 Å². The van der Waals surface area contributed by atoms with Gasteiger partial charge in [0.05, 0.1) is 35.8 Å². The van der Waals surface area contributed by atoms with Crippen LogP contribution in [0.2, 0.25) is 0 Å². The molecule has 222 valence electrons. The highest BCUT2D eigenvalue weighted by Gasteiger charge is 2.39. The predicted molar refractivity (Wildman–Crippen MR) is 149 cm³/mol. The minimum absolute atomic E-state index is 0.0286. The first-order chi connectivity index (χ1) is 19.8. The average molecular weight is 587 g/mol. The highest BCUT2D eigenvalue weighted by atomic mass is 32.2. The monoisotopic (exact) mass is 586 g/mol. The molecule has 1 heterocycles. The van der Waals surface area contributed by atoms with E-state index >= 15 is 0 Å². The van der Waals surface area contributed by atoms with Crippen LogP contribution in [0.15, 0.2) is 53.4 Å². The molecule has 0 amide bonds. The first-order valence-electron chi connectivity index (χ1n) is 14.6. The van der Waals surface area contributed by atoms with Crippen LogP contribution in [-0.4, -0.2) is 52.4 Å². The van der Waals surface area contributed by atoms with Gasteiger partial charge in [-0.05, 0) is 69.6 Å². The molecular weight excluding hydrogens is 548 g/mol. The third-order valence-corrected chi connectivity index (χ3v) is 9.25. The van der Waals surface area contributed by atoms with Gasteiger partial charge < -0.3 is 18.9 Å². The van der Waals surface area contributed by atoms with Crippen molar-refractivity contribution in [2.45, 2.75) is 93.5 Å². The van der Waals surface area contributed by atoms with Crippen LogP contribution in [0.25, 0.3) is 0 Å². The lowest BCUT2D eigenvalue weighted by atomic mass is 9.97. The van der Waals surface area contributed by atoms with Crippen LogP contribution in [0.1, 0.15) is 96.9 Å². The second kappa shape index (κ2) is 13.5. The molecule has 1 saturated heterocycles. The van der Waals surface area contributed by atoms with Crippen molar-refractivity contribution >= 4 is 22.1 Å². The van der Waals surface area contributed by atoms with Gasteiger partial charge in [-0.2, -0.15) is 8.42 Å². The van der Waals surface area contributed by atoms with Crippen LogP contribution in [0, 0.1) is 0 Å². The summed E-state index contributed by atoms with van der Waals surface area (Å²) in [6.07, 6.45) is 8.77. The minimum Gasteiger partial charge on any atom is -0.459 e. The number of hydrogen-bond donors (Lipinski definition) is 0. The van der Waals surface area contributed by atoms with Gasteiger partial charge in [0, 0.05) is 12.0 Å². The smallest absolute Gasteiger partial charge is 0.338 e. The Labute approximate surface area is 241 Å². The van der Waals surface area contributed by atoms with Crippen molar-refractivity contribution in [2.75, 3.05) is 19.8 Å². The third-order valence-electron chi connectivity index (χ3n) is 7.96. The zero-order valence-electron chi connectivity index (χ0n) is 23.3. The molecule has 2 aromatic carbocycles. The minimum atomic E-state index is -4.37. The molecule has 0 spiro atoms. The van der Waals surface area contributed by atoms with Gasteiger partial charge in [0.15, 0.2) is 5.79 Å². The Hall–Kier alpha value is -2.79. The molecule has 2 aliphatic carbocycles. The van der Waals surface area contributed by atoms with Gasteiger partial charge >= 0.3 is 11.9 Å². The van der Waals surface area contributed by atoms with Crippen molar-refractivity contribution in [2.24, 2.45) is 0 Å². The summed E-state index contributed by atoms with van der Waals surface area (Å²) >= 11 is 0. The number of carbonyl (C=O) groups excluding carboxylic acids is 2. The van der Waals surface area contributed by atoms with E-state index in [9.17, 15) is 18.0 Å². The Bertz CT molecular complexity index is 1240. The van der Waals surface area contributed by atoms with E-state index < -0.39 is 27.8 Å². The lowest BCUT2D eigenvalue weighted by Crippen LogP contribution is -2.29. The number of benzene rings is 2. The average Bonchev–Trinajstić information content (AvgIpc) is 3.48. The molecule has 0 radical (unpaired) electrons. The van der Waals surface area contributed by atoms with Crippen molar-refractivity contribution in [1.29, 1.82) is 0 Å². The van der Waals surface area contributed by atoms with Crippen LogP contribution in [-0.2, 0) is 39.0 Å². The molecule has 0 atom stereocenters. The fourth-order valence-corrected chi connectivity index (χ4v) is 6.72. The second-order valence-corrected chi connectivity index (χ2v) is 12.5. The first-order valence-corrected chi connectivity index (χ1v) is 16.1. The molecule has 5 rings (SSSR count). The van der Waals surface area contributed by atoms with Gasteiger partial charge in [-0.15, -0.1) is 0 Å². The van der Waals surface area contributed by atoms with Gasteiger partial charge in [0.25, 0.3) is 10.1 Å². The first kappa shape index (κ1) is 29.7. The molecule has 41 heavy (non-hydrogen) atoms. The molecule has 1 aliphatic heterocycles. The molecule has 2 saturated carbocycles. The van der Waals surface area contributed by atoms with E-state index in [0.29, 0.717) is 13.2 Å². The standard InChI is InChI=1S/C31H38O9S/c32-29(39-26-12-6-2-7-13-26)23-20-24(30(33)40-27-14-8-3-9-15-27)22-28(21-23)41(34,35)38-17-16-31(36-18-19-37-31)25-10-4-1-5-11-25/h1,4-5,10-11,20-22,26-27H,2-3,6-9,12-19H2. The van der Waals surface area contributed by atoms with Crippen LogP contribution >= 0.6 is 0 Å². The van der Waals surface area contributed by atoms with Crippen molar-refractivity contribution in [3.63, 3.8) is 0 Å². The van der Waals surface area contributed by atoms with Crippen molar-refractivity contribution < 1.29 is 41.1 Å². The number of hydrogen-bond acceptors (Lipinski definition) is 9. The SMILES string of the molecule is O=C(OC1CCCCC1)c1cc(C(=O)OC2CCCCC2)cc(S(=O)(=O)OCCC2(c3ccccc3)OCCO2)c1. The Morgan fingerprint density at radius 3 is 1.78 bits per heavy atom. The molecule has 3 aliphatic rings. The zero-order chi connectivity index (χ0) is 28.7. The highest BCUT2D eigenvalue weighted by Crippen LogP contribution is 2.35. The molecule has 0 bridgehead atoms. The number of carbonyl (C=O) groups is 2. The lowest BCUT2D eigenvalue weighted by molar-refractivity contribution is -0.174. The van der Waals surface area contributed by atoms with Crippen LogP contribution in [0.5, 0.6) is 0 Å².